The summed E-state index contributed by atoms with van der Waals surface area (Å²) in [5, 5.41) is 0. The number of halogens is 1. The van der Waals surface area contributed by atoms with Crippen LogP contribution in [0.4, 0.5) is 10.3 Å². The molecule has 2 aromatic rings. The molecule has 0 radical (unpaired) electrons. The van der Waals surface area contributed by atoms with E-state index in [1.807, 2.05) is 4.57 Å². The first kappa shape index (κ1) is 12.2. The zero-order chi connectivity index (χ0) is 13.9. The van der Waals surface area contributed by atoms with Crippen molar-refractivity contribution in [2.45, 2.75) is 38.6 Å². The SMILES string of the molecule is CC(C1CC2CCC1C2)n1c(N)nc2ccc(F)cc21. The van der Waals surface area contributed by atoms with Gasteiger partial charge in [0.25, 0.3) is 0 Å². The topological polar surface area (TPSA) is 43.8 Å². The van der Waals surface area contributed by atoms with Crippen molar-refractivity contribution in [1.29, 1.82) is 0 Å². The van der Waals surface area contributed by atoms with Crippen molar-refractivity contribution < 1.29 is 4.39 Å². The van der Waals surface area contributed by atoms with E-state index in [0.29, 0.717) is 17.9 Å². The average Bonchev–Trinajstić information content (AvgIpc) is 3.10. The third-order valence-electron chi connectivity index (χ3n) is 5.50. The Kier molecular flexibility index (Phi) is 2.56. The van der Waals surface area contributed by atoms with Crippen molar-refractivity contribution in [3.05, 3.63) is 24.0 Å². The van der Waals surface area contributed by atoms with E-state index in [1.54, 1.807) is 12.1 Å². The van der Waals surface area contributed by atoms with E-state index in [1.165, 1.54) is 31.7 Å². The Bertz CT molecular complexity index is 663. The van der Waals surface area contributed by atoms with Gasteiger partial charge in [-0.15, -0.1) is 0 Å². The van der Waals surface area contributed by atoms with Crippen LogP contribution in [-0.2, 0) is 0 Å². The van der Waals surface area contributed by atoms with Crippen LogP contribution in [0.2, 0.25) is 0 Å². The number of nitrogens with zero attached hydrogens (tertiary/aromatic N) is 2. The van der Waals surface area contributed by atoms with Crippen molar-refractivity contribution in [2.24, 2.45) is 17.8 Å². The van der Waals surface area contributed by atoms with Crippen molar-refractivity contribution in [3.8, 4) is 0 Å². The lowest BCUT2D eigenvalue weighted by atomic mass is 9.84. The maximum atomic E-state index is 13.5. The van der Waals surface area contributed by atoms with Crippen molar-refractivity contribution in [2.75, 3.05) is 5.73 Å². The Morgan fingerprint density at radius 1 is 1.35 bits per heavy atom. The largest absolute Gasteiger partial charge is 0.369 e. The molecule has 2 aliphatic carbocycles. The Hall–Kier alpha value is -1.58. The molecule has 106 valence electrons. The lowest BCUT2D eigenvalue weighted by Gasteiger charge is -2.29. The molecule has 20 heavy (non-hydrogen) atoms. The molecule has 2 saturated carbocycles. The van der Waals surface area contributed by atoms with Gasteiger partial charge in [0.05, 0.1) is 11.0 Å². The van der Waals surface area contributed by atoms with E-state index in [0.717, 1.165) is 22.9 Å². The van der Waals surface area contributed by atoms with Gasteiger partial charge < -0.3 is 10.3 Å². The van der Waals surface area contributed by atoms with Crippen molar-refractivity contribution >= 4 is 17.0 Å². The quantitative estimate of drug-likeness (QED) is 0.905. The Balaban J connectivity index is 1.77. The van der Waals surface area contributed by atoms with E-state index >= 15 is 0 Å². The summed E-state index contributed by atoms with van der Waals surface area (Å²) in [4.78, 5) is 4.38. The highest BCUT2D eigenvalue weighted by Gasteiger charge is 2.42. The minimum Gasteiger partial charge on any atom is -0.369 e. The van der Waals surface area contributed by atoms with Gasteiger partial charge in [-0.2, -0.15) is 0 Å². The molecular formula is C16H20FN3. The summed E-state index contributed by atoms with van der Waals surface area (Å²) < 4.78 is 15.6. The van der Waals surface area contributed by atoms with Gasteiger partial charge >= 0.3 is 0 Å². The summed E-state index contributed by atoms with van der Waals surface area (Å²) in [6.45, 7) is 2.22. The molecule has 2 N–H and O–H groups in total. The second-order valence-corrected chi connectivity index (χ2v) is 6.55. The molecule has 0 aliphatic heterocycles. The summed E-state index contributed by atoms with van der Waals surface area (Å²) >= 11 is 0. The summed E-state index contributed by atoms with van der Waals surface area (Å²) in [6.07, 6.45) is 5.40. The van der Waals surface area contributed by atoms with Gasteiger partial charge in [0.1, 0.15) is 5.82 Å². The number of fused-ring (bicyclic) bond motifs is 3. The summed E-state index contributed by atoms with van der Waals surface area (Å²) in [5.74, 6) is 2.68. The lowest BCUT2D eigenvalue weighted by molar-refractivity contribution is 0.248. The minimum atomic E-state index is -0.223. The fraction of sp³-hybridized carbons (Fsp3) is 0.562. The van der Waals surface area contributed by atoms with Gasteiger partial charge in [-0.05, 0) is 62.1 Å². The van der Waals surface area contributed by atoms with Crippen LogP contribution in [0.5, 0.6) is 0 Å². The maximum Gasteiger partial charge on any atom is 0.201 e. The molecular weight excluding hydrogens is 253 g/mol. The Labute approximate surface area is 118 Å². The number of hydrogen-bond acceptors (Lipinski definition) is 2. The van der Waals surface area contributed by atoms with Gasteiger partial charge in [-0.25, -0.2) is 9.37 Å². The highest BCUT2D eigenvalue weighted by Crippen LogP contribution is 2.52. The molecule has 2 fully saturated rings. The smallest absolute Gasteiger partial charge is 0.201 e. The van der Waals surface area contributed by atoms with Gasteiger partial charge in [0.15, 0.2) is 0 Å². The van der Waals surface area contributed by atoms with E-state index in [-0.39, 0.29) is 5.82 Å². The number of anilines is 1. The molecule has 3 nitrogen and oxygen atoms in total. The van der Waals surface area contributed by atoms with Gasteiger partial charge in [-0.1, -0.05) is 6.42 Å². The number of hydrogen-bond donors (Lipinski definition) is 1. The van der Waals surface area contributed by atoms with Crippen LogP contribution in [0, 0.1) is 23.6 Å². The van der Waals surface area contributed by atoms with Crippen LogP contribution in [0.3, 0.4) is 0 Å². The first-order valence-corrected chi connectivity index (χ1v) is 7.56. The van der Waals surface area contributed by atoms with Crippen LogP contribution in [0.1, 0.15) is 38.6 Å². The molecule has 2 bridgehead atoms. The van der Waals surface area contributed by atoms with Crippen LogP contribution < -0.4 is 5.73 Å². The highest BCUT2D eigenvalue weighted by molar-refractivity contribution is 5.78. The summed E-state index contributed by atoms with van der Waals surface area (Å²) in [7, 11) is 0. The van der Waals surface area contributed by atoms with Gasteiger partial charge in [0.2, 0.25) is 5.95 Å². The fourth-order valence-corrected chi connectivity index (χ4v) is 4.59. The molecule has 4 atom stereocenters. The van der Waals surface area contributed by atoms with Crippen molar-refractivity contribution in [3.63, 3.8) is 0 Å². The third kappa shape index (κ3) is 1.67. The maximum absolute atomic E-state index is 13.5. The molecule has 4 unspecified atom stereocenters. The predicted octanol–water partition coefficient (Wildman–Crippen LogP) is 3.75. The monoisotopic (exact) mass is 273 g/mol. The second kappa shape index (κ2) is 4.21. The average molecular weight is 273 g/mol. The molecule has 2 aliphatic rings. The first-order chi connectivity index (χ1) is 9.63. The standard InChI is InChI=1S/C16H20FN3/c1-9(13-7-10-2-3-11(13)6-10)20-15-8-12(17)4-5-14(15)19-16(20)18/h4-5,8-11,13H,2-3,6-7H2,1H3,(H2,18,19). The van der Waals surface area contributed by atoms with Crippen LogP contribution in [-0.4, -0.2) is 9.55 Å². The van der Waals surface area contributed by atoms with Crippen LogP contribution >= 0.6 is 0 Å². The van der Waals surface area contributed by atoms with E-state index in [2.05, 4.69) is 11.9 Å². The first-order valence-electron chi connectivity index (χ1n) is 7.56. The van der Waals surface area contributed by atoms with Crippen LogP contribution in [0.25, 0.3) is 11.0 Å². The second-order valence-electron chi connectivity index (χ2n) is 6.55. The van der Waals surface area contributed by atoms with Crippen LogP contribution in [0.15, 0.2) is 18.2 Å². The lowest BCUT2D eigenvalue weighted by Crippen LogP contribution is -2.23. The number of aromatic nitrogens is 2. The molecule has 0 amide bonds. The van der Waals surface area contributed by atoms with Crippen molar-refractivity contribution in [1.82, 2.24) is 9.55 Å². The summed E-state index contributed by atoms with van der Waals surface area (Å²) in [6, 6.07) is 5.02. The summed E-state index contributed by atoms with van der Waals surface area (Å²) in [5.41, 5.74) is 7.72. The zero-order valence-corrected chi connectivity index (χ0v) is 11.7. The fourth-order valence-electron chi connectivity index (χ4n) is 4.59. The third-order valence-corrected chi connectivity index (χ3v) is 5.50. The predicted molar refractivity (Wildman–Crippen MR) is 77.8 cm³/mol. The molecule has 4 heteroatoms. The molecule has 0 spiro atoms. The van der Waals surface area contributed by atoms with Gasteiger partial charge in [-0.3, -0.25) is 0 Å². The molecule has 0 saturated heterocycles. The van der Waals surface area contributed by atoms with E-state index < -0.39 is 0 Å². The Morgan fingerprint density at radius 3 is 2.90 bits per heavy atom. The molecule has 1 aromatic heterocycles. The number of rotatable bonds is 2. The van der Waals surface area contributed by atoms with E-state index in [9.17, 15) is 4.39 Å². The molecule has 1 aromatic carbocycles. The molecule has 1 heterocycles. The number of nitrogens with two attached hydrogens (primary N) is 1. The van der Waals surface area contributed by atoms with E-state index in [4.69, 9.17) is 5.73 Å². The number of benzene rings is 1. The minimum absolute atomic E-state index is 0.223. The normalized spacial score (nSPS) is 30.2. The Morgan fingerprint density at radius 2 is 2.20 bits per heavy atom. The highest BCUT2D eigenvalue weighted by atomic mass is 19.1. The van der Waals surface area contributed by atoms with Gasteiger partial charge in [0, 0.05) is 6.04 Å². The zero-order valence-electron chi connectivity index (χ0n) is 11.7. The number of imidazole rings is 1. The number of nitrogen functional groups attached to an aromatic ring is 1. The molecule has 4 rings (SSSR count).